The Morgan fingerprint density at radius 3 is 2.23 bits per heavy atom. The zero-order valence-corrected chi connectivity index (χ0v) is 14.3. The van der Waals surface area contributed by atoms with Crippen LogP contribution >= 0.6 is 0 Å². The van der Waals surface area contributed by atoms with E-state index in [1.807, 2.05) is 45.0 Å². The van der Waals surface area contributed by atoms with Crippen molar-refractivity contribution in [2.24, 2.45) is 0 Å². The minimum Gasteiger partial charge on any atom is -0.264 e. The lowest BCUT2D eigenvalue weighted by molar-refractivity contribution is 0.378. The monoisotopic (exact) mass is 318 g/mol. The maximum atomic E-state index is 12.2. The van der Waals surface area contributed by atoms with E-state index in [-0.39, 0.29) is 6.04 Å². The highest BCUT2D eigenvalue weighted by molar-refractivity contribution is 7.88. The summed E-state index contributed by atoms with van der Waals surface area (Å²) in [7, 11) is -3.33. The molecular formula is C17H22N2O2S. The van der Waals surface area contributed by atoms with Gasteiger partial charge in [0.1, 0.15) is 0 Å². The van der Waals surface area contributed by atoms with Gasteiger partial charge in [-0.2, -0.15) is 4.31 Å². The minimum absolute atomic E-state index is 0.354. The second-order valence-corrected chi connectivity index (χ2v) is 7.51. The summed E-state index contributed by atoms with van der Waals surface area (Å²) < 4.78 is 26.0. The molecule has 118 valence electrons. The molecule has 0 fully saturated rings. The molecule has 1 aromatic carbocycles. The van der Waals surface area contributed by atoms with Crippen LogP contribution in [0, 0.1) is 13.8 Å². The van der Waals surface area contributed by atoms with Crippen molar-refractivity contribution >= 4 is 10.0 Å². The number of pyridine rings is 1. The summed E-state index contributed by atoms with van der Waals surface area (Å²) in [6.45, 7) is 6.31. The average molecular weight is 318 g/mol. The highest BCUT2D eigenvalue weighted by atomic mass is 32.2. The lowest BCUT2D eigenvalue weighted by Crippen LogP contribution is -2.34. The van der Waals surface area contributed by atoms with Crippen molar-refractivity contribution in [1.82, 2.24) is 9.29 Å². The lowest BCUT2D eigenvalue weighted by atomic mass is 9.96. The smallest absolute Gasteiger partial charge is 0.212 e. The van der Waals surface area contributed by atoms with E-state index in [1.54, 1.807) is 12.4 Å². The van der Waals surface area contributed by atoms with E-state index in [4.69, 9.17) is 0 Å². The highest BCUT2D eigenvalue weighted by Crippen LogP contribution is 2.31. The van der Waals surface area contributed by atoms with Crippen LogP contribution < -0.4 is 0 Å². The normalized spacial score (nSPS) is 13.3. The molecule has 0 radical (unpaired) electrons. The van der Waals surface area contributed by atoms with E-state index >= 15 is 0 Å². The van der Waals surface area contributed by atoms with Gasteiger partial charge in [0.2, 0.25) is 10.0 Å². The number of hydrogen-bond donors (Lipinski definition) is 0. The summed E-state index contributed by atoms with van der Waals surface area (Å²) >= 11 is 0. The topological polar surface area (TPSA) is 50.3 Å². The molecule has 22 heavy (non-hydrogen) atoms. The van der Waals surface area contributed by atoms with Crippen molar-refractivity contribution in [1.29, 1.82) is 0 Å². The van der Waals surface area contributed by atoms with Gasteiger partial charge in [-0.3, -0.25) is 4.98 Å². The predicted octanol–water partition coefficient (Wildman–Crippen LogP) is 3.07. The molecule has 0 saturated carbocycles. The molecular weight excluding hydrogens is 296 g/mol. The first kappa shape index (κ1) is 16.6. The fourth-order valence-corrected chi connectivity index (χ4v) is 3.93. The fourth-order valence-electron chi connectivity index (χ4n) is 2.84. The van der Waals surface area contributed by atoms with Crippen LogP contribution in [0.5, 0.6) is 0 Å². The molecule has 0 spiro atoms. The molecule has 0 N–H and O–H groups in total. The Kier molecular flexibility index (Phi) is 4.98. The average Bonchev–Trinajstić information content (AvgIpc) is 2.43. The summed E-state index contributed by atoms with van der Waals surface area (Å²) in [5, 5.41) is 0. The third kappa shape index (κ3) is 3.72. The van der Waals surface area contributed by atoms with Crippen LogP contribution in [0.4, 0.5) is 0 Å². The Bertz CT molecular complexity index is 722. The summed E-state index contributed by atoms with van der Waals surface area (Å²) in [5.41, 5.74) is 4.08. The molecule has 1 aromatic heterocycles. The van der Waals surface area contributed by atoms with Gasteiger partial charge in [-0.1, -0.05) is 42.3 Å². The summed E-state index contributed by atoms with van der Waals surface area (Å²) in [6.07, 6.45) is 4.68. The Balaban J connectivity index is 2.65. The van der Waals surface area contributed by atoms with E-state index in [1.165, 1.54) is 10.6 Å². The van der Waals surface area contributed by atoms with Gasteiger partial charge in [0, 0.05) is 18.9 Å². The van der Waals surface area contributed by atoms with E-state index in [0.717, 1.165) is 22.3 Å². The van der Waals surface area contributed by atoms with E-state index in [0.29, 0.717) is 6.54 Å². The van der Waals surface area contributed by atoms with Crippen LogP contribution in [0.15, 0.2) is 42.7 Å². The molecule has 1 atom stereocenters. The van der Waals surface area contributed by atoms with Gasteiger partial charge >= 0.3 is 0 Å². The SMILES string of the molecule is CCN([C@@H](c1cccnc1)c1cc(C)cc(C)c1)S(C)(=O)=O. The molecule has 0 bridgehead atoms. The van der Waals surface area contributed by atoms with Crippen molar-refractivity contribution in [2.75, 3.05) is 12.8 Å². The fraction of sp³-hybridized carbons (Fsp3) is 0.353. The molecule has 4 nitrogen and oxygen atoms in total. The molecule has 0 aliphatic carbocycles. The number of benzene rings is 1. The number of nitrogens with zero attached hydrogens (tertiary/aromatic N) is 2. The summed E-state index contributed by atoms with van der Waals surface area (Å²) in [5.74, 6) is 0. The first-order chi connectivity index (χ1) is 10.3. The van der Waals surface area contributed by atoms with E-state index in [2.05, 4.69) is 11.1 Å². The molecule has 0 aliphatic heterocycles. The standard InChI is InChI=1S/C17H22N2O2S/c1-5-19(22(4,20)21)17(15-7-6-8-18-12-15)16-10-13(2)9-14(3)11-16/h6-12,17H,5H2,1-4H3/t17-/m0/s1. The van der Waals surface area contributed by atoms with Crippen molar-refractivity contribution in [3.63, 3.8) is 0 Å². The number of sulfonamides is 1. The Morgan fingerprint density at radius 1 is 1.14 bits per heavy atom. The van der Waals surface area contributed by atoms with Gasteiger partial charge in [-0.15, -0.1) is 0 Å². The number of aromatic nitrogens is 1. The summed E-state index contributed by atoms with van der Waals surface area (Å²) in [6, 6.07) is 9.56. The molecule has 2 aromatic rings. The van der Waals surface area contributed by atoms with Crippen molar-refractivity contribution in [3.05, 3.63) is 65.0 Å². The summed E-state index contributed by atoms with van der Waals surface area (Å²) in [4.78, 5) is 4.15. The van der Waals surface area contributed by atoms with E-state index in [9.17, 15) is 8.42 Å². The second-order valence-electron chi connectivity index (χ2n) is 5.58. The van der Waals surface area contributed by atoms with Gasteiger partial charge in [0.25, 0.3) is 0 Å². The number of rotatable bonds is 5. The maximum Gasteiger partial charge on any atom is 0.212 e. The quantitative estimate of drug-likeness (QED) is 0.851. The molecule has 0 unspecified atom stereocenters. The Hall–Kier alpha value is -1.72. The van der Waals surface area contributed by atoms with Crippen LogP contribution in [0.2, 0.25) is 0 Å². The van der Waals surface area contributed by atoms with Crippen LogP contribution in [0.1, 0.15) is 35.2 Å². The van der Waals surface area contributed by atoms with Crippen LogP contribution in [-0.4, -0.2) is 30.5 Å². The zero-order chi connectivity index (χ0) is 16.3. The third-order valence-corrected chi connectivity index (χ3v) is 4.91. The van der Waals surface area contributed by atoms with Crippen molar-refractivity contribution in [3.8, 4) is 0 Å². The van der Waals surface area contributed by atoms with Crippen LogP contribution in [0.25, 0.3) is 0 Å². The minimum atomic E-state index is -3.33. The number of hydrogen-bond acceptors (Lipinski definition) is 3. The lowest BCUT2D eigenvalue weighted by Gasteiger charge is -2.29. The largest absolute Gasteiger partial charge is 0.264 e. The molecule has 1 heterocycles. The first-order valence-electron chi connectivity index (χ1n) is 7.28. The van der Waals surface area contributed by atoms with Gasteiger partial charge in [0.05, 0.1) is 12.3 Å². The molecule has 5 heteroatoms. The van der Waals surface area contributed by atoms with Crippen LogP contribution in [-0.2, 0) is 10.0 Å². The van der Waals surface area contributed by atoms with Gasteiger partial charge in [0.15, 0.2) is 0 Å². The molecule has 2 rings (SSSR count). The van der Waals surface area contributed by atoms with Crippen molar-refractivity contribution < 1.29 is 8.42 Å². The molecule has 0 amide bonds. The third-order valence-electron chi connectivity index (χ3n) is 3.59. The molecule has 0 aliphatic rings. The van der Waals surface area contributed by atoms with E-state index < -0.39 is 10.0 Å². The van der Waals surface area contributed by atoms with Gasteiger partial charge in [-0.05, 0) is 31.0 Å². The van der Waals surface area contributed by atoms with Gasteiger partial charge in [-0.25, -0.2) is 8.42 Å². The first-order valence-corrected chi connectivity index (χ1v) is 9.12. The zero-order valence-electron chi connectivity index (χ0n) is 13.4. The highest BCUT2D eigenvalue weighted by Gasteiger charge is 2.28. The maximum absolute atomic E-state index is 12.2. The predicted molar refractivity (Wildman–Crippen MR) is 89.2 cm³/mol. The van der Waals surface area contributed by atoms with Crippen molar-refractivity contribution in [2.45, 2.75) is 26.8 Å². The molecule has 0 saturated heterocycles. The Morgan fingerprint density at radius 2 is 1.77 bits per heavy atom. The van der Waals surface area contributed by atoms with Crippen LogP contribution in [0.3, 0.4) is 0 Å². The van der Waals surface area contributed by atoms with Gasteiger partial charge < -0.3 is 0 Å². The Labute approximate surface area is 132 Å². The second kappa shape index (κ2) is 6.58. The number of aryl methyl sites for hydroxylation is 2.